The van der Waals surface area contributed by atoms with Crippen LogP contribution in [0.4, 0.5) is 5.95 Å². The van der Waals surface area contributed by atoms with Crippen LogP contribution in [0.1, 0.15) is 31.7 Å². The highest BCUT2D eigenvalue weighted by atomic mass is 15.4. The first-order chi connectivity index (χ1) is 9.15. The lowest BCUT2D eigenvalue weighted by molar-refractivity contribution is 0.408. The summed E-state index contributed by atoms with van der Waals surface area (Å²) in [6.45, 7) is 5.14. The SMILES string of the molecule is Cc1ccn2nc(N3CCCCC3C(C)N)nc2c1. The summed E-state index contributed by atoms with van der Waals surface area (Å²) in [5.74, 6) is 0.813. The summed E-state index contributed by atoms with van der Waals surface area (Å²) in [4.78, 5) is 6.93. The molecule has 2 aromatic heterocycles. The van der Waals surface area contributed by atoms with Gasteiger partial charge >= 0.3 is 0 Å². The minimum atomic E-state index is 0.147. The van der Waals surface area contributed by atoms with Gasteiger partial charge in [0, 0.05) is 24.8 Å². The summed E-state index contributed by atoms with van der Waals surface area (Å²) in [7, 11) is 0. The van der Waals surface area contributed by atoms with Gasteiger partial charge < -0.3 is 10.6 Å². The van der Waals surface area contributed by atoms with Crippen LogP contribution in [0.3, 0.4) is 0 Å². The Morgan fingerprint density at radius 2 is 2.26 bits per heavy atom. The van der Waals surface area contributed by atoms with Crippen molar-refractivity contribution in [1.29, 1.82) is 0 Å². The van der Waals surface area contributed by atoms with Gasteiger partial charge in [-0.05, 0) is 50.8 Å². The van der Waals surface area contributed by atoms with Gasteiger partial charge in [-0.1, -0.05) is 0 Å². The lowest BCUT2D eigenvalue weighted by atomic mass is 9.97. The van der Waals surface area contributed by atoms with E-state index in [2.05, 4.69) is 34.9 Å². The highest BCUT2D eigenvalue weighted by molar-refractivity contribution is 5.47. The van der Waals surface area contributed by atoms with Gasteiger partial charge in [0.25, 0.3) is 0 Å². The van der Waals surface area contributed by atoms with Gasteiger partial charge in [-0.3, -0.25) is 0 Å². The number of anilines is 1. The van der Waals surface area contributed by atoms with Crippen molar-refractivity contribution in [3.05, 3.63) is 23.9 Å². The second kappa shape index (κ2) is 4.81. The first-order valence-electron chi connectivity index (χ1n) is 7.00. The summed E-state index contributed by atoms with van der Waals surface area (Å²) in [5, 5.41) is 4.59. The summed E-state index contributed by atoms with van der Waals surface area (Å²) in [6, 6.07) is 4.60. The predicted molar refractivity (Wildman–Crippen MR) is 76.4 cm³/mol. The van der Waals surface area contributed by atoms with Gasteiger partial charge in [0.2, 0.25) is 5.95 Å². The maximum absolute atomic E-state index is 6.11. The fraction of sp³-hybridized carbons (Fsp3) is 0.571. The van der Waals surface area contributed by atoms with E-state index < -0.39 is 0 Å². The van der Waals surface area contributed by atoms with E-state index in [0.717, 1.165) is 24.6 Å². The lowest BCUT2D eigenvalue weighted by Gasteiger charge is -2.37. The molecule has 102 valence electrons. The Balaban J connectivity index is 1.97. The van der Waals surface area contributed by atoms with E-state index >= 15 is 0 Å². The summed E-state index contributed by atoms with van der Waals surface area (Å²) in [6.07, 6.45) is 5.53. The third-order valence-electron chi connectivity index (χ3n) is 3.89. The number of hydrogen-bond acceptors (Lipinski definition) is 4. The largest absolute Gasteiger partial charge is 0.335 e. The van der Waals surface area contributed by atoms with Crippen LogP contribution in [0.15, 0.2) is 18.3 Å². The zero-order valence-electron chi connectivity index (χ0n) is 11.6. The average molecular weight is 259 g/mol. The van der Waals surface area contributed by atoms with Crippen molar-refractivity contribution in [2.24, 2.45) is 5.73 Å². The average Bonchev–Trinajstić information content (AvgIpc) is 2.81. The van der Waals surface area contributed by atoms with Crippen LogP contribution in [0, 0.1) is 6.92 Å². The van der Waals surface area contributed by atoms with Crippen molar-refractivity contribution in [1.82, 2.24) is 14.6 Å². The molecular weight excluding hydrogens is 238 g/mol. The minimum Gasteiger partial charge on any atom is -0.335 e. The molecular formula is C14H21N5. The van der Waals surface area contributed by atoms with Crippen LogP contribution < -0.4 is 10.6 Å². The molecule has 3 rings (SSSR count). The molecule has 5 nitrogen and oxygen atoms in total. The molecule has 2 unspecified atom stereocenters. The van der Waals surface area contributed by atoms with Crippen molar-refractivity contribution in [2.75, 3.05) is 11.4 Å². The zero-order chi connectivity index (χ0) is 13.4. The first-order valence-corrected chi connectivity index (χ1v) is 7.00. The molecule has 2 atom stereocenters. The van der Waals surface area contributed by atoms with Crippen LogP contribution in [-0.4, -0.2) is 33.2 Å². The number of rotatable bonds is 2. The molecule has 0 bridgehead atoms. The predicted octanol–water partition coefficient (Wildman–Crippen LogP) is 1.74. The highest BCUT2D eigenvalue weighted by Crippen LogP contribution is 2.24. The fourth-order valence-electron chi connectivity index (χ4n) is 2.85. The highest BCUT2D eigenvalue weighted by Gasteiger charge is 2.28. The van der Waals surface area contributed by atoms with Gasteiger partial charge in [0.05, 0.1) is 0 Å². The van der Waals surface area contributed by atoms with Crippen molar-refractivity contribution >= 4 is 11.6 Å². The van der Waals surface area contributed by atoms with Crippen LogP contribution >= 0.6 is 0 Å². The third-order valence-corrected chi connectivity index (χ3v) is 3.89. The van der Waals surface area contributed by atoms with E-state index in [-0.39, 0.29) is 6.04 Å². The second-order valence-corrected chi connectivity index (χ2v) is 5.53. The molecule has 0 saturated carbocycles. The molecule has 2 aromatic rings. The molecule has 5 heteroatoms. The minimum absolute atomic E-state index is 0.147. The maximum Gasteiger partial charge on any atom is 0.245 e. The summed E-state index contributed by atoms with van der Waals surface area (Å²) >= 11 is 0. The number of nitrogens with two attached hydrogens (primary N) is 1. The number of aryl methyl sites for hydroxylation is 1. The van der Waals surface area contributed by atoms with Crippen LogP contribution in [0.25, 0.3) is 5.65 Å². The normalized spacial score (nSPS) is 21.8. The van der Waals surface area contributed by atoms with E-state index in [1.54, 1.807) is 0 Å². The Bertz CT molecular complexity index is 574. The van der Waals surface area contributed by atoms with E-state index in [1.165, 1.54) is 18.4 Å². The molecule has 1 aliphatic rings. The molecule has 0 aromatic carbocycles. The van der Waals surface area contributed by atoms with Gasteiger partial charge in [-0.2, -0.15) is 4.98 Å². The number of hydrogen-bond donors (Lipinski definition) is 1. The van der Waals surface area contributed by atoms with Crippen molar-refractivity contribution < 1.29 is 0 Å². The number of nitrogens with zero attached hydrogens (tertiary/aromatic N) is 4. The van der Waals surface area contributed by atoms with E-state index in [0.29, 0.717) is 6.04 Å². The number of fused-ring (bicyclic) bond motifs is 1. The van der Waals surface area contributed by atoms with E-state index in [1.807, 2.05) is 16.8 Å². The number of aromatic nitrogens is 3. The van der Waals surface area contributed by atoms with E-state index in [4.69, 9.17) is 5.73 Å². The quantitative estimate of drug-likeness (QED) is 0.892. The molecule has 19 heavy (non-hydrogen) atoms. The van der Waals surface area contributed by atoms with E-state index in [9.17, 15) is 0 Å². The summed E-state index contributed by atoms with van der Waals surface area (Å²) < 4.78 is 1.84. The van der Waals surface area contributed by atoms with Crippen molar-refractivity contribution in [2.45, 2.75) is 45.2 Å². The molecule has 3 heterocycles. The smallest absolute Gasteiger partial charge is 0.245 e. The molecule has 1 aliphatic heterocycles. The molecule has 0 spiro atoms. The molecule has 1 fully saturated rings. The standard InChI is InChI=1S/C14H21N5/c1-10-6-8-19-13(9-10)16-14(17-19)18-7-4-3-5-12(18)11(2)15/h6,8-9,11-12H,3-5,7,15H2,1-2H3. The Morgan fingerprint density at radius 1 is 1.42 bits per heavy atom. The molecule has 2 N–H and O–H groups in total. The number of piperidine rings is 1. The lowest BCUT2D eigenvalue weighted by Crippen LogP contribution is -2.49. The third kappa shape index (κ3) is 2.30. The van der Waals surface area contributed by atoms with Gasteiger partial charge in [0.15, 0.2) is 5.65 Å². The van der Waals surface area contributed by atoms with Gasteiger partial charge in [-0.25, -0.2) is 4.52 Å². The maximum atomic E-state index is 6.11. The Hall–Kier alpha value is -1.62. The van der Waals surface area contributed by atoms with Crippen LogP contribution in [0.2, 0.25) is 0 Å². The second-order valence-electron chi connectivity index (χ2n) is 5.53. The Morgan fingerprint density at radius 3 is 3.05 bits per heavy atom. The van der Waals surface area contributed by atoms with Gasteiger partial charge in [0.1, 0.15) is 0 Å². The fourth-order valence-corrected chi connectivity index (χ4v) is 2.85. The summed E-state index contributed by atoms with van der Waals surface area (Å²) in [5.41, 5.74) is 8.22. The zero-order valence-corrected chi connectivity index (χ0v) is 11.6. The van der Waals surface area contributed by atoms with Crippen LogP contribution in [0.5, 0.6) is 0 Å². The molecule has 0 radical (unpaired) electrons. The molecule has 1 saturated heterocycles. The van der Waals surface area contributed by atoms with Gasteiger partial charge in [-0.15, -0.1) is 5.10 Å². The van der Waals surface area contributed by atoms with Crippen molar-refractivity contribution in [3.8, 4) is 0 Å². The molecule has 0 amide bonds. The Labute approximate surface area is 113 Å². The van der Waals surface area contributed by atoms with Crippen molar-refractivity contribution in [3.63, 3.8) is 0 Å². The molecule has 0 aliphatic carbocycles. The topological polar surface area (TPSA) is 59.5 Å². The van der Waals surface area contributed by atoms with Crippen LogP contribution in [-0.2, 0) is 0 Å². The number of pyridine rings is 1. The first kappa shape index (κ1) is 12.4. The monoisotopic (exact) mass is 259 g/mol. The Kier molecular flexibility index (Phi) is 3.14.